The lowest BCUT2D eigenvalue weighted by Gasteiger charge is -2.02. The van der Waals surface area contributed by atoms with E-state index in [0.717, 1.165) is 25.7 Å². The van der Waals surface area contributed by atoms with E-state index in [0.29, 0.717) is 13.0 Å². The SMILES string of the molecule is [N-]=[N+]=NCCCCCCCCCCCCCC(=O)O. The normalized spacial score (nSPS) is 10.1. The van der Waals surface area contributed by atoms with Gasteiger partial charge >= 0.3 is 5.97 Å². The minimum absolute atomic E-state index is 0.315. The van der Waals surface area contributed by atoms with Gasteiger partial charge in [-0.25, -0.2) is 0 Å². The highest BCUT2D eigenvalue weighted by atomic mass is 16.4. The fourth-order valence-electron chi connectivity index (χ4n) is 2.09. The highest BCUT2D eigenvalue weighted by Crippen LogP contribution is 2.11. The maximum Gasteiger partial charge on any atom is 0.303 e. The van der Waals surface area contributed by atoms with Gasteiger partial charge in [-0.05, 0) is 18.4 Å². The van der Waals surface area contributed by atoms with Crippen LogP contribution in [-0.2, 0) is 4.79 Å². The van der Waals surface area contributed by atoms with Crippen LogP contribution in [0.2, 0.25) is 0 Å². The minimum Gasteiger partial charge on any atom is -0.481 e. The van der Waals surface area contributed by atoms with Crippen LogP contribution in [0.5, 0.6) is 0 Å². The van der Waals surface area contributed by atoms with Crippen LogP contribution in [0.15, 0.2) is 5.11 Å². The monoisotopic (exact) mass is 269 g/mol. The fourth-order valence-corrected chi connectivity index (χ4v) is 2.09. The van der Waals surface area contributed by atoms with Gasteiger partial charge in [0.15, 0.2) is 0 Å². The van der Waals surface area contributed by atoms with E-state index in [-0.39, 0.29) is 0 Å². The summed E-state index contributed by atoms with van der Waals surface area (Å²) in [5, 5.41) is 12.0. The predicted octanol–water partition coefficient (Wildman–Crippen LogP) is 5.06. The van der Waals surface area contributed by atoms with Gasteiger partial charge in [0.1, 0.15) is 0 Å². The smallest absolute Gasteiger partial charge is 0.303 e. The zero-order chi connectivity index (χ0) is 14.2. The second-order valence-electron chi connectivity index (χ2n) is 4.99. The first kappa shape index (κ1) is 17.8. The van der Waals surface area contributed by atoms with Crippen molar-refractivity contribution < 1.29 is 9.90 Å². The number of unbranched alkanes of at least 4 members (excludes halogenated alkanes) is 10. The molecular formula is C14H27N3O2. The molecule has 0 unspecified atom stereocenters. The molecule has 0 amide bonds. The Morgan fingerprint density at radius 2 is 1.26 bits per heavy atom. The first-order chi connectivity index (χ1) is 9.27. The molecule has 0 saturated carbocycles. The number of hydrogen-bond donors (Lipinski definition) is 1. The molecule has 110 valence electrons. The third-order valence-electron chi connectivity index (χ3n) is 3.21. The van der Waals surface area contributed by atoms with E-state index in [1.165, 1.54) is 44.9 Å². The van der Waals surface area contributed by atoms with Crippen LogP contribution in [0.1, 0.15) is 77.0 Å². The highest BCUT2D eigenvalue weighted by molar-refractivity contribution is 5.66. The van der Waals surface area contributed by atoms with Gasteiger partial charge in [-0.2, -0.15) is 0 Å². The molecule has 0 aliphatic rings. The Hall–Kier alpha value is -1.22. The summed E-state index contributed by atoms with van der Waals surface area (Å²) in [4.78, 5) is 13.0. The summed E-state index contributed by atoms with van der Waals surface area (Å²) in [7, 11) is 0. The van der Waals surface area contributed by atoms with Crippen LogP contribution in [0.3, 0.4) is 0 Å². The topological polar surface area (TPSA) is 86.1 Å². The molecule has 1 N–H and O–H groups in total. The molecule has 0 aromatic carbocycles. The van der Waals surface area contributed by atoms with E-state index in [1.54, 1.807) is 0 Å². The summed E-state index contributed by atoms with van der Waals surface area (Å²) in [6, 6.07) is 0. The van der Waals surface area contributed by atoms with Crippen molar-refractivity contribution in [3.8, 4) is 0 Å². The number of carboxylic acids is 1. The second-order valence-corrected chi connectivity index (χ2v) is 4.99. The molecule has 0 fully saturated rings. The molecular weight excluding hydrogens is 242 g/mol. The summed E-state index contributed by atoms with van der Waals surface area (Å²) < 4.78 is 0. The van der Waals surface area contributed by atoms with Crippen molar-refractivity contribution >= 4 is 5.97 Å². The Balaban J connectivity index is 2.99. The van der Waals surface area contributed by atoms with E-state index < -0.39 is 5.97 Å². The number of aliphatic carboxylic acids is 1. The number of azide groups is 1. The fraction of sp³-hybridized carbons (Fsp3) is 0.929. The Kier molecular flexibility index (Phi) is 13.9. The number of hydrogen-bond acceptors (Lipinski definition) is 2. The summed E-state index contributed by atoms with van der Waals surface area (Å²) in [6.07, 6.45) is 13.1. The van der Waals surface area contributed by atoms with Crippen molar-refractivity contribution in [1.82, 2.24) is 0 Å². The van der Waals surface area contributed by atoms with Gasteiger partial charge in [0, 0.05) is 17.9 Å². The summed E-state index contributed by atoms with van der Waals surface area (Å²) in [5.41, 5.74) is 8.10. The Labute approximate surface area is 116 Å². The Morgan fingerprint density at radius 3 is 1.68 bits per heavy atom. The minimum atomic E-state index is -0.680. The lowest BCUT2D eigenvalue weighted by molar-refractivity contribution is -0.137. The van der Waals surface area contributed by atoms with Crippen LogP contribution < -0.4 is 0 Å². The van der Waals surface area contributed by atoms with Crippen LogP contribution >= 0.6 is 0 Å². The van der Waals surface area contributed by atoms with E-state index in [4.69, 9.17) is 10.6 Å². The van der Waals surface area contributed by atoms with Crippen molar-refractivity contribution in [3.63, 3.8) is 0 Å². The molecule has 0 rings (SSSR count). The van der Waals surface area contributed by atoms with E-state index in [9.17, 15) is 4.79 Å². The van der Waals surface area contributed by atoms with Gasteiger partial charge in [0.05, 0.1) is 0 Å². The number of carbonyl (C=O) groups is 1. The van der Waals surface area contributed by atoms with Crippen LogP contribution in [-0.4, -0.2) is 17.6 Å². The van der Waals surface area contributed by atoms with Crippen molar-refractivity contribution in [3.05, 3.63) is 10.4 Å². The van der Waals surface area contributed by atoms with E-state index in [1.807, 2.05) is 0 Å². The van der Waals surface area contributed by atoms with Crippen LogP contribution in [0.25, 0.3) is 10.4 Å². The molecule has 0 aromatic rings. The lowest BCUT2D eigenvalue weighted by Crippen LogP contribution is -1.93. The summed E-state index contributed by atoms with van der Waals surface area (Å²) in [6.45, 7) is 0.632. The molecule has 0 spiro atoms. The largest absolute Gasteiger partial charge is 0.481 e. The van der Waals surface area contributed by atoms with Crippen molar-refractivity contribution in [2.75, 3.05) is 6.54 Å². The van der Waals surface area contributed by atoms with Gasteiger partial charge in [0.25, 0.3) is 0 Å². The highest BCUT2D eigenvalue weighted by Gasteiger charge is 1.96. The zero-order valence-corrected chi connectivity index (χ0v) is 11.9. The first-order valence-electron chi connectivity index (χ1n) is 7.50. The van der Waals surface area contributed by atoms with Gasteiger partial charge in [0.2, 0.25) is 0 Å². The van der Waals surface area contributed by atoms with Gasteiger partial charge in [-0.15, -0.1) is 0 Å². The maximum atomic E-state index is 10.3. The molecule has 0 radical (unpaired) electrons. The molecule has 0 aliphatic carbocycles. The van der Waals surface area contributed by atoms with Crippen LogP contribution in [0.4, 0.5) is 0 Å². The van der Waals surface area contributed by atoms with Crippen LogP contribution in [0, 0.1) is 0 Å². The molecule has 0 atom stereocenters. The second kappa shape index (κ2) is 14.8. The average Bonchev–Trinajstić information content (AvgIpc) is 2.39. The van der Waals surface area contributed by atoms with E-state index >= 15 is 0 Å². The molecule has 0 aliphatic heterocycles. The van der Waals surface area contributed by atoms with Gasteiger partial charge < -0.3 is 5.11 Å². The molecule has 19 heavy (non-hydrogen) atoms. The maximum absolute atomic E-state index is 10.3. The Bertz CT molecular complexity index is 251. The number of carboxylic acid groups (broad SMARTS) is 1. The van der Waals surface area contributed by atoms with Crippen molar-refractivity contribution in [2.45, 2.75) is 77.0 Å². The van der Waals surface area contributed by atoms with Crippen molar-refractivity contribution in [2.24, 2.45) is 5.11 Å². The van der Waals surface area contributed by atoms with Crippen molar-refractivity contribution in [1.29, 1.82) is 0 Å². The number of rotatable bonds is 14. The third kappa shape index (κ3) is 16.8. The molecule has 0 heterocycles. The Morgan fingerprint density at radius 1 is 0.842 bits per heavy atom. The van der Waals surface area contributed by atoms with E-state index in [2.05, 4.69) is 10.0 Å². The summed E-state index contributed by atoms with van der Waals surface area (Å²) in [5.74, 6) is -0.680. The molecule has 0 aromatic heterocycles. The average molecular weight is 269 g/mol. The van der Waals surface area contributed by atoms with Gasteiger partial charge in [-0.3, -0.25) is 4.79 Å². The lowest BCUT2D eigenvalue weighted by atomic mass is 10.1. The standard InChI is InChI=1S/C14H27N3O2/c15-17-16-13-11-9-7-5-3-1-2-4-6-8-10-12-14(18)19/h1-13H2,(H,18,19). The van der Waals surface area contributed by atoms with Gasteiger partial charge in [-0.1, -0.05) is 62.9 Å². The molecule has 0 bridgehead atoms. The molecule has 5 nitrogen and oxygen atoms in total. The molecule has 0 saturated heterocycles. The third-order valence-corrected chi connectivity index (χ3v) is 3.21. The summed E-state index contributed by atoms with van der Waals surface area (Å²) >= 11 is 0. The quantitative estimate of drug-likeness (QED) is 0.207. The first-order valence-corrected chi connectivity index (χ1v) is 7.50. The molecule has 5 heteroatoms. The number of nitrogens with zero attached hydrogens (tertiary/aromatic N) is 3. The zero-order valence-electron chi connectivity index (χ0n) is 11.9. The predicted molar refractivity (Wildman–Crippen MR) is 77.1 cm³/mol.